The Labute approximate surface area is 143 Å². The topological polar surface area (TPSA) is 67.4 Å². The average Bonchev–Trinajstić information content (AvgIpc) is 2.47. The summed E-state index contributed by atoms with van der Waals surface area (Å²) in [7, 11) is 0. The number of rotatable bonds is 3. The zero-order valence-electron chi connectivity index (χ0n) is 12.2. The first-order chi connectivity index (χ1) is 11.7. The highest BCUT2D eigenvalue weighted by molar-refractivity contribution is 6.34. The Morgan fingerprint density at radius 2 is 1.68 bits per heavy atom. The van der Waals surface area contributed by atoms with Gasteiger partial charge in [0.05, 0.1) is 10.6 Å². The predicted molar refractivity (Wildman–Crippen MR) is 81.0 cm³/mol. The third-order valence-corrected chi connectivity index (χ3v) is 3.08. The van der Waals surface area contributed by atoms with Crippen LogP contribution >= 0.6 is 11.6 Å². The number of nitrogens with one attached hydrogen (secondary N) is 2. The van der Waals surface area contributed by atoms with E-state index in [4.69, 9.17) is 11.6 Å². The van der Waals surface area contributed by atoms with Crippen LogP contribution in [-0.4, -0.2) is 18.3 Å². The molecule has 0 aliphatic rings. The maximum Gasteiger partial charge on any atom is 0.573 e. The first-order valence-electron chi connectivity index (χ1n) is 6.58. The van der Waals surface area contributed by atoms with Gasteiger partial charge in [-0.2, -0.15) is 0 Å². The van der Waals surface area contributed by atoms with Gasteiger partial charge in [-0.3, -0.25) is 10.1 Å². The lowest BCUT2D eigenvalue weighted by atomic mass is 10.2. The minimum atomic E-state index is -4.84. The number of urea groups is 1. The molecule has 0 saturated heterocycles. The molecule has 0 unspecified atom stereocenters. The molecule has 0 aliphatic carbocycles. The molecular formula is C15H9ClF4N2O3. The van der Waals surface area contributed by atoms with Crippen LogP contribution in [0.15, 0.2) is 42.5 Å². The summed E-state index contributed by atoms with van der Waals surface area (Å²) in [5.74, 6) is -2.46. The summed E-state index contributed by atoms with van der Waals surface area (Å²) < 4.78 is 53.4. The number of imide groups is 1. The summed E-state index contributed by atoms with van der Waals surface area (Å²) in [4.78, 5) is 23.6. The number of benzene rings is 2. The van der Waals surface area contributed by atoms with Gasteiger partial charge in [-0.05, 0) is 36.4 Å². The molecule has 5 nitrogen and oxygen atoms in total. The lowest BCUT2D eigenvalue weighted by Crippen LogP contribution is -2.35. The first-order valence-corrected chi connectivity index (χ1v) is 6.95. The van der Waals surface area contributed by atoms with Crippen molar-refractivity contribution in [1.29, 1.82) is 0 Å². The molecule has 2 aromatic carbocycles. The maximum atomic E-state index is 13.6. The first kappa shape index (κ1) is 18.5. The van der Waals surface area contributed by atoms with E-state index in [-0.39, 0.29) is 10.7 Å². The van der Waals surface area contributed by atoms with E-state index in [1.807, 2.05) is 5.32 Å². The van der Waals surface area contributed by atoms with Gasteiger partial charge in [0.25, 0.3) is 5.91 Å². The third-order valence-electron chi connectivity index (χ3n) is 2.76. The second-order valence-electron chi connectivity index (χ2n) is 4.58. The molecule has 0 atom stereocenters. The van der Waals surface area contributed by atoms with E-state index in [1.165, 1.54) is 12.1 Å². The summed E-state index contributed by atoms with van der Waals surface area (Å²) >= 11 is 5.70. The van der Waals surface area contributed by atoms with Crippen molar-refractivity contribution in [3.05, 3.63) is 58.9 Å². The molecular weight excluding hydrogens is 368 g/mol. The Morgan fingerprint density at radius 3 is 2.24 bits per heavy atom. The van der Waals surface area contributed by atoms with E-state index < -0.39 is 35.4 Å². The minimum absolute atomic E-state index is 0.0828. The van der Waals surface area contributed by atoms with Crippen LogP contribution in [0.25, 0.3) is 0 Å². The number of ether oxygens (including phenoxy) is 1. The van der Waals surface area contributed by atoms with Crippen LogP contribution in [0.5, 0.6) is 5.75 Å². The molecule has 0 fully saturated rings. The van der Waals surface area contributed by atoms with E-state index in [1.54, 1.807) is 0 Å². The molecule has 0 aromatic heterocycles. The maximum absolute atomic E-state index is 13.6. The number of hydrogen-bond donors (Lipinski definition) is 2. The van der Waals surface area contributed by atoms with Crippen LogP contribution in [0.2, 0.25) is 5.02 Å². The number of carbonyl (C=O) groups excluding carboxylic acids is 2. The third kappa shape index (κ3) is 5.35. The number of hydrogen-bond acceptors (Lipinski definition) is 3. The lowest BCUT2D eigenvalue weighted by Gasteiger charge is -2.10. The normalized spacial score (nSPS) is 10.9. The van der Waals surface area contributed by atoms with E-state index in [0.29, 0.717) is 0 Å². The highest BCUT2D eigenvalue weighted by Crippen LogP contribution is 2.24. The molecule has 0 bridgehead atoms. The van der Waals surface area contributed by atoms with Crippen molar-refractivity contribution in [1.82, 2.24) is 5.32 Å². The second kappa shape index (κ2) is 7.39. The summed E-state index contributed by atoms with van der Waals surface area (Å²) in [6.07, 6.45) is -4.84. The Balaban J connectivity index is 1.99. The second-order valence-corrected chi connectivity index (χ2v) is 4.98. The SMILES string of the molecule is O=C(NC(=O)c1c(F)cccc1Cl)Nc1ccc(OC(F)(F)F)cc1. The molecule has 0 aliphatic heterocycles. The highest BCUT2D eigenvalue weighted by Gasteiger charge is 2.31. The standard InChI is InChI=1S/C15H9ClF4N2O3/c16-10-2-1-3-11(17)12(10)13(23)22-14(24)21-8-4-6-9(7-5-8)25-15(18,19)20/h1-7H,(H2,21,22,23,24). The average molecular weight is 377 g/mol. The number of carbonyl (C=O) groups is 2. The van der Waals surface area contributed by atoms with Gasteiger partial charge in [-0.1, -0.05) is 17.7 Å². The lowest BCUT2D eigenvalue weighted by molar-refractivity contribution is -0.274. The largest absolute Gasteiger partial charge is 0.573 e. The van der Waals surface area contributed by atoms with Crippen LogP contribution in [0, 0.1) is 5.82 Å². The Bertz CT molecular complexity index is 774. The van der Waals surface area contributed by atoms with Crippen LogP contribution in [0.3, 0.4) is 0 Å². The number of anilines is 1. The fourth-order valence-electron chi connectivity index (χ4n) is 1.78. The number of alkyl halides is 3. The Kier molecular flexibility index (Phi) is 5.48. The summed E-state index contributed by atoms with van der Waals surface area (Å²) in [6.45, 7) is 0. The van der Waals surface area contributed by atoms with Gasteiger partial charge in [0, 0.05) is 5.69 Å². The smallest absolute Gasteiger partial charge is 0.406 e. The monoisotopic (exact) mass is 376 g/mol. The quantitative estimate of drug-likeness (QED) is 0.783. The molecule has 2 N–H and O–H groups in total. The molecule has 0 heterocycles. The van der Waals surface area contributed by atoms with Gasteiger partial charge < -0.3 is 10.1 Å². The molecule has 132 valence electrons. The molecule has 2 aromatic rings. The molecule has 0 radical (unpaired) electrons. The number of amides is 3. The van der Waals surface area contributed by atoms with Crippen molar-refractivity contribution in [2.45, 2.75) is 6.36 Å². The van der Waals surface area contributed by atoms with E-state index in [9.17, 15) is 27.2 Å². The van der Waals surface area contributed by atoms with Crippen molar-refractivity contribution in [3.8, 4) is 5.75 Å². The minimum Gasteiger partial charge on any atom is -0.406 e. The molecule has 25 heavy (non-hydrogen) atoms. The predicted octanol–water partition coefficient (Wildman–Crippen LogP) is 4.34. The van der Waals surface area contributed by atoms with Crippen LogP contribution in [-0.2, 0) is 0 Å². The Morgan fingerprint density at radius 1 is 1.04 bits per heavy atom. The zero-order valence-corrected chi connectivity index (χ0v) is 12.9. The van der Waals surface area contributed by atoms with Crippen molar-refractivity contribution >= 4 is 29.2 Å². The molecule has 3 amide bonds. The summed E-state index contributed by atoms with van der Waals surface area (Å²) in [5.41, 5.74) is -0.423. The van der Waals surface area contributed by atoms with E-state index in [0.717, 1.165) is 30.3 Å². The van der Waals surface area contributed by atoms with Gasteiger partial charge in [-0.25, -0.2) is 9.18 Å². The molecule has 0 spiro atoms. The fourth-order valence-corrected chi connectivity index (χ4v) is 2.03. The van der Waals surface area contributed by atoms with E-state index in [2.05, 4.69) is 10.1 Å². The van der Waals surface area contributed by atoms with Crippen molar-refractivity contribution in [2.24, 2.45) is 0 Å². The molecule has 0 saturated carbocycles. The van der Waals surface area contributed by atoms with Crippen molar-refractivity contribution in [2.75, 3.05) is 5.32 Å². The molecule has 10 heteroatoms. The van der Waals surface area contributed by atoms with Crippen LogP contribution in [0.1, 0.15) is 10.4 Å². The van der Waals surface area contributed by atoms with Crippen molar-refractivity contribution in [3.63, 3.8) is 0 Å². The molecule has 2 rings (SSSR count). The Hall–Kier alpha value is -2.81. The fraction of sp³-hybridized carbons (Fsp3) is 0.0667. The van der Waals surface area contributed by atoms with Gasteiger partial charge in [-0.15, -0.1) is 13.2 Å². The summed E-state index contributed by atoms with van der Waals surface area (Å²) in [6, 6.07) is 6.74. The summed E-state index contributed by atoms with van der Waals surface area (Å²) in [5, 5.41) is 3.87. The van der Waals surface area contributed by atoms with Gasteiger partial charge in [0.2, 0.25) is 0 Å². The van der Waals surface area contributed by atoms with Crippen LogP contribution < -0.4 is 15.4 Å². The highest BCUT2D eigenvalue weighted by atomic mass is 35.5. The van der Waals surface area contributed by atoms with Gasteiger partial charge >= 0.3 is 12.4 Å². The zero-order chi connectivity index (χ0) is 18.6. The van der Waals surface area contributed by atoms with Crippen molar-refractivity contribution < 1.29 is 31.9 Å². The van der Waals surface area contributed by atoms with E-state index >= 15 is 0 Å². The van der Waals surface area contributed by atoms with Gasteiger partial charge in [0.1, 0.15) is 11.6 Å². The van der Waals surface area contributed by atoms with Crippen LogP contribution in [0.4, 0.5) is 28.0 Å². The number of halogens is 5. The van der Waals surface area contributed by atoms with Gasteiger partial charge in [0.15, 0.2) is 0 Å².